The van der Waals surface area contributed by atoms with Crippen LogP contribution in [-0.4, -0.2) is 30.0 Å². The van der Waals surface area contributed by atoms with Crippen LogP contribution in [0.3, 0.4) is 0 Å². The Morgan fingerprint density at radius 1 is 1.45 bits per heavy atom. The van der Waals surface area contributed by atoms with E-state index in [9.17, 15) is 9.90 Å². The number of carbonyl (C=O) groups is 1. The molecule has 1 fully saturated rings. The van der Waals surface area contributed by atoms with Gasteiger partial charge in [0.1, 0.15) is 0 Å². The Kier molecular flexibility index (Phi) is 5.12. The molecule has 2 unspecified atom stereocenters. The first-order valence-corrected chi connectivity index (χ1v) is 7.43. The van der Waals surface area contributed by atoms with Crippen molar-refractivity contribution in [2.24, 2.45) is 5.92 Å². The summed E-state index contributed by atoms with van der Waals surface area (Å²) in [6, 6.07) is 4.78. The summed E-state index contributed by atoms with van der Waals surface area (Å²) in [5, 5.41) is 12.7. The van der Waals surface area contributed by atoms with Gasteiger partial charge in [-0.05, 0) is 37.0 Å². The summed E-state index contributed by atoms with van der Waals surface area (Å²) in [6.07, 6.45) is 4.31. The maximum absolute atomic E-state index is 12.2. The van der Waals surface area contributed by atoms with Gasteiger partial charge >= 0.3 is 0 Å². The van der Waals surface area contributed by atoms with Crippen LogP contribution >= 0.6 is 11.6 Å². The molecule has 0 radical (unpaired) electrons. The fourth-order valence-electron chi connectivity index (χ4n) is 2.67. The van der Waals surface area contributed by atoms with E-state index in [1.807, 2.05) is 0 Å². The van der Waals surface area contributed by atoms with Gasteiger partial charge in [0.25, 0.3) is 5.91 Å². The minimum Gasteiger partial charge on any atom is -0.504 e. The molecular formula is C15H20ClNO3. The van der Waals surface area contributed by atoms with Crippen molar-refractivity contribution in [1.29, 1.82) is 0 Å². The van der Waals surface area contributed by atoms with Crippen LogP contribution in [0.4, 0.5) is 0 Å². The van der Waals surface area contributed by atoms with Crippen molar-refractivity contribution >= 4 is 17.5 Å². The average Bonchev–Trinajstić information content (AvgIpc) is 2.47. The van der Waals surface area contributed by atoms with E-state index < -0.39 is 0 Å². The number of hydrogen-bond donors (Lipinski definition) is 2. The molecule has 0 spiro atoms. The summed E-state index contributed by atoms with van der Waals surface area (Å²) >= 11 is 5.96. The predicted molar refractivity (Wildman–Crippen MR) is 78.6 cm³/mol. The lowest BCUT2D eigenvalue weighted by molar-refractivity contribution is 0.0910. The third-order valence-electron chi connectivity index (χ3n) is 3.86. The number of methoxy groups -OCH3 is 1. The number of rotatable bonds is 4. The number of aromatic hydroxyl groups is 1. The van der Waals surface area contributed by atoms with Gasteiger partial charge in [0.15, 0.2) is 11.5 Å². The van der Waals surface area contributed by atoms with E-state index in [0.29, 0.717) is 23.1 Å². The highest BCUT2D eigenvalue weighted by Crippen LogP contribution is 2.28. The van der Waals surface area contributed by atoms with Crippen LogP contribution in [-0.2, 0) is 0 Å². The third kappa shape index (κ3) is 3.37. The van der Waals surface area contributed by atoms with Gasteiger partial charge in [0.2, 0.25) is 0 Å². The number of halogens is 1. The van der Waals surface area contributed by atoms with Crippen LogP contribution in [0.1, 0.15) is 36.0 Å². The Bertz CT molecular complexity index is 478. The number of phenols is 1. The molecule has 0 saturated heterocycles. The monoisotopic (exact) mass is 297 g/mol. The van der Waals surface area contributed by atoms with E-state index in [0.717, 1.165) is 19.3 Å². The van der Waals surface area contributed by atoms with Gasteiger partial charge in [-0.15, -0.1) is 11.6 Å². The lowest BCUT2D eigenvalue weighted by Gasteiger charge is -2.30. The molecule has 2 atom stereocenters. The number of alkyl halides is 1. The first kappa shape index (κ1) is 15.0. The second-order valence-corrected chi connectivity index (χ2v) is 5.47. The van der Waals surface area contributed by atoms with Crippen molar-refractivity contribution in [2.45, 2.75) is 31.7 Å². The summed E-state index contributed by atoms with van der Waals surface area (Å²) in [7, 11) is 1.47. The van der Waals surface area contributed by atoms with E-state index >= 15 is 0 Å². The fourth-order valence-corrected chi connectivity index (χ4v) is 3.03. The fraction of sp³-hybridized carbons (Fsp3) is 0.533. The molecule has 1 aliphatic carbocycles. The van der Waals surface area contributed by atoms with E-state index in [4.69, 9.17) is 16.3 Å². The van der Waals surface area contributed by atoms with Crippen molar-refractivity contribution in [1.82, 2.24) is 5.32 Å². The number of amides is 1. The van der Waals surface area contributed by atoms with Gasteiger partial charge in [-0.3, -0.25) is 4.79 Å². The minimum atomic E-state index is -0.176. The van der Waals surface area contributed by atoms with E-state index in [1.165, 1.54) is 19.6 Å². The van der Waals surface area contributed by atoms with Gasteiger partial charge < -0.3 is 15.2 Å². The molecule has 1 aliphatic rings. The number of hydrogen-bond acceptors (Lipinski definition) is 3. The molecule has 1 aromatic carbocycles. The molecule has 2 N–H and O–H groups in total. The van der Waals surface area contributed by atoms with Crippen molar-refractivity contribution in [3.05, 3.63) is 23.8 Å². The molecule has 1 amide bonds. The normalized spacial score (nSPS) is 22.3. The summed E-state index contributed by atoms with van der Waals surface area (Å²) in [4.78, 5) is 12.2. The minimum absolute atomic E-state index is 0.0299. The quantitative estimate of drug-likeness (QED) is 0.840. The first-order valence-electron chi connectivity index (χ1n) is 6.89. The number of phenolic OH excluding ortho intramolecular Hbond substituents is 1. The number of ether oxygens (including phenoxy) is 1. The Morgan fingerprint density at radius 3 is 2.85 bits per heavy atom. The second kappa shape index (κ2) is 6.84. The summed E-state index contributed by atoms with van der Waals surface area (Å²) in [6.45, 7) is 0. The summed E-state index contributed by atoms with van der Waals surface area (Å²) in [5.74, 6) is 1.06. The van der Waals surface area contributed by atoms with Crippen LogP contribution in [0.2, 0.25) is 0 Å². The second-order valence-electron chi connectivity index (χ2n) is 5.17. The van der Waals surface area contributed by atoms with Crippen LogP contribution < -0.4 is 10.1 Å². The number of benzene rings is 1. The molecule has 20 heavy (non-hydrogen) atoms. The van der Waals surface area contributed by atoms with Gasteiger partial charge in [-0.2, -0.15) is 0 Å². The van der Waals surface area contributed by atoms with Crippen molar-refractivity contribution in [2.75, 3.05) is 13.0 Å². The largest absolute Gasteiger partial charge is 0.504 e. The SMILES string of the molecule is COc1ccc(C(=O)NC2CCCCC2CCl)cc1O. The highest BCUT2D eigenvalue weighted by atomic mass is 35.5. The standard InChI is InChI=1S/C15H20ClNO3/c1-20-14-7-6-10(8-13(14)18)15(19)17-12-5-3-2-4-11(12)9-16/h6-8,11-12,18H,2-5,9H2,1H3,(H,17,19). The van der Waals surface area contributed by atoms with Crippen molar-refractivity contribution in [3.63, 3.8) is 0 Å². The number of carbonyl (C=O) groups excluding carboxylic acids is 1. The van der Waals surface area contributed by atoms with Gasteiger partial charge in [-0.1, -0.05) is 12.8 Å². The zero-order valence-electron chi connectivity index (χ0n) is 11.6. The molecule has 0 aliphatic heterocycles. The molecule has 110 valence electrons. The highest BCUT2D eigenvalue weighted by Gasteiger charge is 2.26. The smallest absolute Gasteiger partial charge is 0.251 e. The Hall–Kier alpha value is -1.42. The Morgan fingerprint density at radius 2 is 2.20 bits per heavy atom. The first-order chi connectivity index (χ1) is 9.65. The van der Waals surface area contributed by atoms with Crippen LogP contribution in [0.25, 0.3) is 0 Å². The maximum atomic E-state index is 12.2. The molecule has 2 rings (SSSR count). The molecule has 0 bridgehead atoms. The van der Waals surface area contributed by atoms with Crippen LogP contribution in [0, 0.1) is 5.92 Å². The lowest BCUT2D eigenvalue weighted by atomic mass is 9.85. The van der Waals surface area contributed by atoms with Crippen LogP contribution in [0.5, 0.6) is 11.5 Å². The molecule has 1 aromatic rings. The predicted octanol–water partition coefficient (Wildman–Crippen LogP) is 2.93. The van der Waals surface area contributed by atoms with Gasteiger partial charge in [-0.25, -0.2) is 0 Å². The van der Waals surface area contributed by atoms with E-state index in [2.05, 4.69) is 5.32 Å². The highest BCUT2D eigenvalue weighted by molar-refractivity contribution is 6.18. The zero-order valence-corrected chi connectivity index (χ0v) is 12.3. The Labute approximate surface area is 124 Å². The van der Waals surface area contributed by atoms with Crippen LogP contribution in [0.15, 0.2) is 18.2 Å². The zero-order chi connectivity index (χ0) is 14.5. The summed E-state index contributed by atoms with van der Waals surface area (Å²) < 4.78 is 4.96. The van der Waals surface area contributed by atoms with E-state index in [-0.39, 0.29) is 17.7 Å². The van der Waals surface area contributed by atoms with Crippen molar-refractivity contribution in [3.8, 4) is 11.5 Å². The molecule has 1 saturated carbocycles. The van der Waals surface area contributed by atoms with E-state index in [1.54, 1.807) is 12.1 Å². The molecule has 0 aromatic heterocycles. The third-order valence-corrected chi connectivity index (χ3v) is 4.26. The molecule has 4 nitrogen and oxygen atoms in total. The average molecular weight is 298 g/mol. The van der Waals surface area contributed by atoms with Gasteiger partial charge in [0, 0.05) is 17.5 Å². The van der Waals surface area contributed by atoms with Crippen molar-refractivity contribution < 1.29 is 14.6 Å². The van der Waals surface area contributed by atoms with Gasteiger partial charge in [0.05, 0.1) is 7.11 Å². The summed E-state index contributed by atoms with van der Waals surface area (Å²) in [5.41, 5.74) is 0.433. The number of nitrogens with one attached hydrogen (secondary N) is 1. The molecule has 0 heterocycles. The maximum Gasteiger partial charge on any atom is 0.251 e. The molecule has 5 heteroatoms. The lowest BCUT2D eigenvalue weighted by Crippen LogP contribution is -2.42. The topological polar surface area (TPSA) is 58.6 Å². The molecular weight excluding hydrogens is 278 g/mol. The Balaban J connectivity index is 2.05.